The van der Waals surface area contributed by atoms with Crippen LogP contribution in [0.1, 0.15) is 0 Å². The molecule has 0 saturated carbocycles. The number of nitrogens with zero attached hydrogens (tertiary/aromatic N) is 6. The highest BCUT2D eigenvalue weighted by Crippen LogP contribution is 2.45. The van der Waals surface area contributed by atoms with Crippen LogP contribution in [-0.4, -0.2) is 29.1 Å². The van der Waals surface area contributed by atoms with E-state index in [4.69, 9.17) is 19.9 Å². The Morgan fingerprint density at radius 3 is 1.37 bits per heavy atom. The fourth-order valence-electron chi connectivity index (χ4n) is 7.88. The molecule has 242 valence electrons. The van der Waals surface area contributed by atoms with Crippen molar-refractivity contribution in [2.75, 3.05) is 0 Å². The first-order chi connectivity index (χ1) is 25.8. The predicted octanol–water partition coefficient (Wildman–Crippen LogP) is 11.9. The third-order valence-electron chi connectivity index (χ3n) is 10.3. The average molecular weight is 701 g/mol. The molecule has 0 spiro atoms. The van der Waals surface area contributed by atoms with Gasteiger partial charge in [-0.3, -0.25) is 9.13 Å². The molecule has 6 nitrogen and oxygen atoms in total. The molecule has 12 aromatic rings. The van der Waals surface area contributed by atoms with Gasteiger partial charge >= 0.3 is 0 Å². The lowest BCUT2D eigenvalue weighted by Gasteiger charge is -2.09. The van der Waals surface area contributed by atoms with Crippen molar-refractivity contribution in [3.63, 3.8) is 0 Å². The number of aromatic nitrogens is 6. The Balaban J connectivity index is 1.11. The molecule has 0 N–H and O–H groups in total. The number of hydrogen-bond donors (Lipinski definition) is 0. The van der Waals surface area contributed by atoms with Crippen LogP contribution in [0.2, 0.25) is 0 Å². The fourth-order valence-corrected chi connectivity index (χ4v) is 10.3. The van der Waals surface area contributed by atoms with Crippen molar-refractivity contribution >= 4 is 107 Å². The largest absolute Gasteiger partial charge is 0.269 e. The van der Waals surface area contributed by atoms with Gasteiger partial charge in [-0.15, -0.1) is 22.7 Å². The average Bonchev–Trinajstić information content (AvgIpc) is 3.93. The van der Waals surface area contributed by atoms with Crippen LogP contribution in [-0.2, 0) is 0 Å². The van der Waals surface area contributed by atoms with Crippen molar-refractivity contribution in [2.24, 2.45) is 0 Å². The van der Waals surface area contributed by atoms with Gasteiger partial charge in [0.05, 0.1) is 22.1 Å². The highest BCUT2D eigenvalue weighted by atomic mass is 32.1. The Labute approximate surface area is 303 Å². The number of rotatable bonds is 3. The molecular weight excluding hydrogens is 677 g/mol. The first-order valence-corrected chi connectivity index (χ1v) is 18.8. The Morgan fingerprint density at radius 2 is 0.865 bits per heavy atom. The minimum atomic E-state index is 0.684. The van der Waals surface area contributed by atoms with Crippen molar-refractivity contribution in [2.45, 2.75) is 0 Å². The summed E-state index contributed by atoms with van der Waals surface area (Å²) >= 11 is 3.58. The maximum absolute atomic E-state index is 5.04. The minimum absolute atomic E-state index is 0.684. The van der Waals surface area contributed by atoms with Crippen LogP contribution >= 0.6 is 22.7 Å². The molecule has 0 unspecified atom stereocenters. The van der Waals surface area contributed by atoms with E-state index < -0.39 is 0 Å². The number of benzene rings is 6. The summed E-state index contributed by atoms with van der Waals surface area (Å²) in [5.41, 5.74) is 6.37. The van der Waals surface area contributed by atoms with E-state index in [2.05, 4.69) is 118 Å². The highest BCUT2D eigenvalue weighted by molar-refractivity contribution is 7.26. The maximum atomic E-state index is 5.04. The van der Waals surface area contributed by atoms with Crippen molar-refractivity contribution in [1.29, 1.82) is 0 Å². The van der Waals surface area contributed by atoms with Gasteiger partial charge in [0, 0.05) is 64.9 Å². The molecule has 8 heteroatoms. The normalized spacial score (nSPS) is 12.2. The van der Waals surface area contributed by atoms with Gasteiger partial charge in [0.2, 0.25) is 11.9 Å². The Hall–Kier alpha value is -6.48. The summed E-state index contributed by atoms with van der Waals surface area (Å²) in [6.45, 7) is 0. The molecule has 0 aliphatic carbocycles. The lowest BCUT2D eigenvalue weighted by Crippen LogP contribution is -2.00. The molecule has 0 saturated heterocycles. The van der Waals surface area contributed by atoms with Gasteiger partial charge in [0.15, 0.2) is 0 Å². The van der Waals surface area contributed by atoms with Crippen molar-refractivity contribution in [1.82, 2.24) is 29.1 Å². The summed E-state index contributed by atoms with van der Waals surface area (Å²) in [6.07, 6.45) is 3.85. The number of para-hydroxylation sites is 2. The Kier molecular flexibility index (Phi) is 5.71. The van der Waals surface area contributed by atoms with E-state index in [1.807, 2.05) is 36.7 Å². The third-order valence-corrected chi connectivity index (χ3v) is 12.6. The summed E-state index contributed by atoms with van der Waals surface area (Å²) in [4.78, 5) is 22.1. The molecule has 0 atom stereocenters. The molecule has 0 aliphatic rings. The van der Waals surface area contributed by atoms with E-state index in [1.165, 1.54) is 41.7 Å². The first-order valence-electron chi connectivity index (χ1n) is 17.1. The van der Waals surface area contributed by atoms with Crippen LogP contribution in [0.25, 0.3) is 107 Å². The van der Waals surface area contributed by atoms with Gasteiger partial charge < -0.3 is 0 Å². The first kappa shape index (κ1) is 28.2. The zero-order valence-corrected chi connectivity index (χ0v) is 29.0. The van der Waals surface area contributed by atoms with Gasteiger partial charge in [0.1, 0.15) is 9.66 Å². The maximum Gasteiger partial charge on any atom is 0.235 e. The molecule has 0 bridgehead atoms. The quantitative estimate of drug-likeness (QED) is 0.184. The lowest BCUT2D eigenvalue weighted by atomic mass is 10.00. The van der Waals surface area contributed by atoms with Crippen molar-refractivity contribution < 1.29 is 0 Å². The van der Waals surface area contributed by atoms with Gasteiger partial charge in [-0.05, 0) is 59.7 Å². The van der Waals surface area contributed by atoms with Crippen LogP contribution in [0.3, 0.4) is 0 Å². The molecule has 0 aliphatic heterocycles. The zero-order chi connectivity index (χ0) is 33.9. The highest BCUT2D eigenvalue weighted by Gasteiger charge is 2.22. The predicted molar refractivity (Wildman–Crippen MR) is 218 cm³/mol. The summed E-state index contributed by atoms with van der Waals surface area (Å²) in [6, 6.07) is 47.3. The number of fused-ring (bicyclic) bond motifs is 12. The van der Waals surface area contributed by atoms with Crippen LogP contribution < -0.4 is 0 Å². The van der Waals surface area contributed by atoms with Crippen LogP contribution in [0.15, 0.2) is 146 Å². The van der Waals surface area contributed by atoms with E-state index in [0.717, 1.165) is 53.6 Å². The number of thiophene rings is 2. The molecule has 0 radical (unpaired) electrons. The molecule has 6 heterocycles. The second-order valence-corrected chi connectivity index (χ2v) is 15.2. The topological polar surface area (TPSA) is 61.4 Å². The molecule has 6 aromatic heterocycles. The van der Waals surface area contributed by atoms with Crippen LogP contribution in [0, 0.1) is 0 Å². The second-order valence-electron chi connectivity index (χ2n) is 13.1. The molecular formula is C44H24N6S2. The fraction of sp³-hybridized carbons (Fsp3) is 0. The van der Waals surface area contributed by atoms with Gasteiger partial charge in [-0.25, -0.2) is 19.9 Å². The lowest BCUT2D eigenvalue weighted by molar-refractivity contribution is 1.02. The van der Waals surface area contributed by atoms with E-state index in [1.54, 1.807) is 22.7 Å². The van der Waals surface area contributed by atoms with E-state index in [-0.39, 0.29) is 0 Å². The van der Waals surface area contributed by atoms with E-state index in [0.29, 0.717) is 11.9 Å². The monoisotopic (exact) mass is 700 g/mol. The number of hydrogen-bond acceptors (Lipinski definition) is 6. The second kappa shape index (κ2) is 10.5. The van der Waals surface area contributed by atoms with Crippen molar-refractivity contribution in [3.05, 3.63) is 146 Å². The molecule has 6 aromatic carbocycles. The summed E-state index contributed by atoms with van der Waals surface area (Å²) < 4.78 is 6.97. The summed E-state index contributed by atoms with van der Waals surface area (Å²) in [7, 11) is 0. The third kappa shape index (κ3) is 3.93. The van der Waals surface area contributed by atoms with Crippen LogP contribution in [0.4, 0.5) is 0 Å². The summed E-state index contributed by atoms with van der Waals surface area (Å²) in [5.74, 6) is 1.37. The van der Waals surface area contributed by atoms with Gasteiger partial charge in [-0.1, -0.05) is 84.9 Å². The SMILES string of the molecule is c1ccc2nc(-n3c4ccc(-c5ccc6c(c5)c5c7ccccc7sc5n6-c5ncc6ccccc6n5)cc4c4c5ccccc5sc43)ncc2c1. The summed E-state index contributed by atoms with van der Waals surface area (Å²) in [5, 5.41) is 9.41. The van der Waals surface area contributed by atoms with Gasteiger partial charge in [-0.2, -0.15) is 0 Å². The molecule has 0 amide bonds. The molecule has 52 heavy (non-hydrogen) atoms. The standard InChI is InChI=1S/C44H24N6S2/c1-5-13-33-27(9-1)23-45-43(47-33)49-35-19-17-25(21-31(35)39-29-11-3-7-15-37(29)51-41(39)49)26-18-20-36-32(22-26)40-30-12-4-8-16-38(30)52-42(40)50(36)44-46-24-28-10-2-6-14-34(28)48-44/h1-24H. The Morgan fingerprint density at radius 1 is 0.423 bits per heavy atom. The molecule has 0 fully saturated rings. The Bertz CT molecular complexity index is 3210. The minimum Gasteiger partial charge on any atom is -0.269 e. The smallest absolute Gasteiger partial charge is 0.235 e. The zero-order valence-electron chi connectivity index (χ0n) is 27.4. The van der Waals surface area contributed by atoms with E-state index >= 15 is 0 Å². The molecule has 12 rings (SSSR count). The van der Waals surface area contributed by atoms with Gasteiger partial charge in [0.25, 0.3) is 0 Å². The van der Waals surface area contributed by atoms with Crippen LogP contribution in [0.5, 0.6) is 0 Å². The van der Waals surface area contributed by atoms with Crippen molar-refractivity contribution in [3.8, 4) is 23.0 Å². The van der Waals surface area contributed by atoms with E-state index in [9.17, 15) is 0 Å².